The first-order chi connectivity index (χ1) is 4.84. The summed E-state index contributed by atoms with van der Waals surface area (Å²) in [5, 5.41) is 0. The van der Waals surface area contributed by atoms with Gasteiger partial charge in [0.15, 0.2) is 0 Å². The SMILES string of the molecule is CC1CCCC1CCCI. The van der Waals surface area contributed by atoms with Crippen molar-refractivity contribution >= 4 is 22.6 Å². The second kappa shape index (κ2) is 4.58. The van der Waals surface area contributed by atoms with Crippen LogP contribution in [0.4, 0.5) is 0 Å². The Morgan fingerprint density at radius 1 is 1.40 bits per heavy atom. The number of halogens is 1. The Morgan fingerprint density at radius 3 is 2.70 bits per heavy atom. The van der Waals surface area contributed by atoms with Crippen molar-refractivity contribution < 1.29 is 0 Å². The van der Waals surface area contributed by atoms with Crippen molar-refractivity contribution in [2.75, 3.05) is 4.43 Å². The monoisotopic (exact) mass is 252 g/mol. The summed E-state index contributed by atoms with van der Waals surface area (Å²) in [6.07, 6.45) is 7.43. The molecule has 1 aliphatic carbocycles. The minimum Gasteiger partial charge on any atom is -0.0864 e. The first-order valence-electron chi connectivity index (χ1n) is 4.40. The fourth-order valence-electron chi connectivity index (χ4n) is 1.99. The summed E-state index contributed by atoms with van der Waals surface area (Å²) in [6.45, 7) is 2.42. The molecule has 0 spiro atoms. The maximum atomic E-state index is 2.48. The first-order valence-corrected chi connectivity index (χ1v) is 5.93. The number of hydrogen-bond acceptors (Lipinski definition) is 0. The summed E-state index contributed by atoms with van der Waals surface area (Å²) in [6, 6.07) is 0. The topological polar surface area (TPSA) is 0 Å². The molecule has 0 aliphatic heterocycles. The highest BCUT2D eigenvalue weighted by molar-refractivity contribution is 14.1. The van der Waals surface area contributed by atoms with Crippen molar-refractivity contribution in [2.45, 2.75) is 39.0 Å². The van der Waals surface area contributed by atoms with Crippen LogP contribution in [0.2, 0.25) is 0 Å². The van der Waals surface area contributed by atoms with Crippen LogP contribution in [-0.2, 0) is 0 Å². The van der Waals surface area contributed by atoms with Gasteiger partial charge in [0.25, 0.3) is 0 Å². The fourth-order valence-corrected chi connectivity index (χ4v) is 2.43. The molecule has 1 aliphatic rings. The van der Waals surface area contributed by atoms with E-state index >= 15 is 0 Å². The Balaban J connectivity index is 2.14. The molecule has 1 fully saturated rings. The highest BCUT2D eigenvalue weighted by Gasteiger charge is 2.21. The van der Waals surface area contributed by atoms with E-state index in [1.807, 2.05) is 0 Å². The fraction of sp³-hybridized carbons (Fsp3) is 1.00. The number of alkyl halides is 1. The van der Waals surface area contributed by atoms with Gasteiger partial charge in [-0.2, -0.15) is 0 Å². The zero-order valence-corrected chi connectivity index (χ0v) is 8.93. The summed E-state index contributed by atoms with van der Waals surface area (Å²) in [4.78, 5) is 0. The second-order valence-electron chi connectivity index (χ2n) is 3.50. The molecule has 0 radical (unpaired) electrons. The summed E-state index contributed by atoms with van der Waals surface area (Å²) in [5.74, 6) is 2.11. The van der Waals surface area contributed by atoms with Crippen molar-refractivity contribution in [3.05, 3.63) is 0 Å². The van der Waals surface area contributed by atoms with Gasteiger partial charge >= 0.3 is 0 Å². The molecule has 1 rings (SSSR count). The minimum absolute atomic E-state index is 1.03. The van der Waals surface area contributed by atoms with Gasteiger partial charge < -0.3 is 0 Å². The smallest absolute Gasteiger partial charge is 0.000462 e. The first kappa shape index (κ1) is 8.82. The maximum absolute atomic E-state index is 2.48. The molecule has 0 bridgehead atoms. The Morgan fingerprint density at radius 2 is 2.20 bits per heavy atom. The zero-order chi connectivity index (χ0) is 7.40. The van der Waals surface area contributed by atoms with E-state index in [9.17, 15) is 0 Å². The third-order valence-corrected chi connectivity index (χ3v) is 3.51. The lowest BCUT2D eigenvalue weighted by Gasteiger charge is -2.13. The standard InChI is InChI=1S/C9H17I/c1-8-4-2-5-9(8)6-3-7-10/h8-9H,2-7H2,1H3. The molecule has 0 nitrogen and oxygen atoms in total. The second-order valence-corrected chi connectivity index (χ2v) is 4.58. The average molecular weight is 252 g/mol. The molecule has 0 aromatic heterocycles. The Kier molecular flexibility index (Phi) is 4.04. The molecular formula is C9H17I. The van der Waals surface area contributed by atoms with Gasteiger partial charge in [0.05, 0.1) is 0 Å². The lowest BCUT2D eigenvalue weighted by atomic mass is 9.94. The van der Waals surface area contributed by atoms with Crippen LogP contribution in [0.1, 0.15) is 39.0 Å². The predicted octanol–water partition coefficient (Wildman–Crippen LogP) is 3.64. The van der Waals surface area contributed by atoms with E-state index in [0.717, 1.165) is 11.8 Å². The summed E-state index contributed by atoms with van der Waals surface area (Å²) in [5.41, 5.74) is 0. The molecule has 1 heteroatoms. The maximum Gasteiger partial charge on any atom is -0.000462 e. The van der Waals surface area contributed by atoms with Crippen LogP contribution in [0.5, 0.6) is 0 Å². The minimum atomic E-state index is 1.03. The molecule has 0 aromatic carbocycles. The Bertz CT molecular complexity index is 90.7. The van der Waals surface area contributed by atoms with Crippen LogP contribution in [0.15, 0.2) is 0 Å². The highest BCUT2D eigenvalue weighted by Crippen LogP contribution is 2.34. The van der Waals surface area contributed by atoms with Crippen LogP contribution in [-0.4, -0.2) is 4.43 Å². The van der Waals surface area contributed by atoms with Crippen LogP contribution in [0, 0.1) is 11.8 Å². The van der Waals surface area contributed by atoms with Gasteiger partial charge in [0.1, 0.15) is 0 Å². The predicted molar refractivity (Wildman–Crippen MR) is 54.6 cm³/mol. The average Bonchev–Trinajstić information content (AvgIpc) is 2.31. The third-order valence-electron chi connectivity index (χ3n) is 2.75. The highest BCUT2D eigenvalue weighted by atomic mass is 127. The van der Waals surface area contributed by atoms with Crippen molar-refractivity contribution in [3.63, 3.8) is 0 Å². The Labute approximate surface area is 77.9 Å². The Hall–Kier alpha value is 0.730. The van der Waals surface area contributed by atoms with Crippen molar-refractivity contribution in [3.8, 4) is 0 Å². The van der Waals surface area contributed by atoms with E-state index in [1.165, 1.54) is 36.5 Å². The van der Waals surface area contributed by atoms with Gasteiger partial charge in [0, 0.05) is 0 Å². The van der Waals surface area contributed by atoms with Gasteiger partial charge in [-0.3, -0.25) is 0 Å². The largest absolute Gasteiger partial charge is 0.0864 e. The normalized spacial score (nSPS) is 33.0. The van der Waals surface area contributed by atoms with E-state index in [-0.39, 0.29) is 0 Å². The summed E-state index contributed by atoms with van der Waals surface area (Å²) in [7, 11) is 0. The quantitative estimate of drug-likeness (QED) is 0.531. The molecule has 0 aromatic rings. The third kappa shape index (κ3) is 2.40. The van der Waals surface area contributed by atoms with E-state index in [0.29, 0.717) is 0 Å². The molecule has 0 saturated heterocycles. The van der Waals surface area contributed by atoms with Crippen LogP contribution < -0.4 is 0 Å². The molecule has 1 saturated carbocycles. The molecule has 2 unspecified atom stereocenters. The number of hydrogen-bond donors (Lipinski definition) is 0. The van der Waals surface area contributed by atoms with E-state index in [4.69, 9.17) is 0 Å². The summed E-state index contributed by atoms with van der Waals surface area (Å²) >= 11 is 2.48. The van der Waals surface area contributed by atoms with E-state index in [1.54, 1.807) is 0 Å². The molecule has 10 heavy (non-hydrogen) atoms. The van der Waals surface area contributed by atoms with Crippen LogP contribution in [0.3, 0.4) is 0 Å². The lowest BCUT2D eigenvalue weighted by Crippen LogP contribution is -2.03. The lowest BCUT2D eigenvalue weighted by molar-refractivity contribution is 0.390. The van der Waals surface area contributed by atoms with Gasteiger partial charge in [0.2, 0.25) is 0 Å². The van der Waals surface area contributed by atoms with Crippen LogP contribution in [0.25, 0.3) is 0 Å². The molecule has 0 N–H and O–H groups in total. The van der Waals surface area contributed by atoms with Gasteiger partial charge in [-0.1, -0.05) is 48.8 Å². The molecule has 2 atom stereocenters. The molecule has 0 heterocycles. The van der Waals surface area contributed by atoms with E-state index in [2.05, 4.69) is 29.5 Å². The van der Waals surface area contributed by atoms with Gasteiger partial charge in [-0.05, 0) is 29.1 Å². The van der Waals surface area contributed by atoms with Crippen molar-refractivity contribution in [2.24, 2.45) is 11.8 Å². The molecular weight excluding hydrogens is 235 g/mol. The van der Waals surface area contributed by atoms with Crippen molar-refractivity contribution in [1.82, 2.24) is 0 Å². The molecule has 60 valence electrons. The van der Waals surface area contributed by atoms with Crippen LogP contribution >= 0.6 is 22.6 Å². The van der Waals surface area contributed by atoms with E-state index < -0.39 is 0 Å². The van der Waals surface area contributed by atoms with Gasteiger partial charge in [-0.15, -0.1) is 0 Å². The summed E-state index contributed by atoms with van der Waals surface area (Å²) < 4.78 is 1.35. The van der Waals surface area contributed by atoms with Gasteiger partial charge in [-0.25, -0.2) is 0 Å². The molecule has 0 amide bonds. The van der Waals surface area contributed by atoms with Crippen molar-refractivity contribution in [1.29, 1.82) is 0 Å². The number of rotatable bonds is 3. The zero-order valence-electron chi connectivity index (χ0n) is 6.78.